The van der Waals surface area contributed by atoms with Crippen molar-refractivity contribution in [2.45, 2.75) is 19.4 Å². The molecule has 1 aliphatic rings. The van der Waals surface area contributed by atoms with E-state index >= 15 is 0 Å². The van der Waals surface area contributed by atoms with Crippen LogP contribution in [0.3, 0.4) is 0 Å². The normalized spacial score (nSPS) is 17.8. The number of carboxylic acids is 1. The summed E-state index contributed by atoms with van der Waals surface area (Å²) in [5.74, 6) is -2.08. The summed E-state index contributed by atoms with van der Waals surface area (Å²) in [6, 6.07) is 2.65. The molecule has 2 heterocycles. The van der Waals surface area contributed by atoms with Crippen molar-refractivity contribution in [3.05, 3.63) is 17.8 Å². The van der Waals surface area contributed by atoms with Gasteiger partial charge in [-0.15, -0.1) is 0 Å². The number of hydrogen-bond acceptors (Lipinski definition) is 6. The standard InChI is InChI=1S/C12H14N4O4/c1-12(2)11(20)15-8(17)5-16(12)9-6(13)3-4-7(14-9)10(18)19/h3-4H,5,13H2,1-2H3,(H,18,19)(H,15,17,20). The molecule has 0 aromatic carbocycles. The van der Waals surface area contributed by atoms with Crippen LogP contribution in [0.15, 0.2) is 12.1 Å². The number of rotatable bonds is 2. The van der Waals surface area contributed by atoms with Gasteiger partial charge in [-0.25, -0.2) is 9.78 Å². The van der Waals surface area contributed by atoms with E-state index in [-0.39, 0.29) is 23.7 Å². The second kappa shape index (κ2) is 4.48. The van der Waals surface area contributed by atoms with E-state index < -0.39 is 23.3 Å². The van der Waals surface area contributed by atoms with Crippen LogP contribution in [0.1, 0.15) is 24.3 Å². The molecule has 0 atom stereocenters. The van der Waals surface area contributed by atoms with Crippen molar-refractivity contribution in [2.24, 2.45) is 0 Å². The van der Waals surface area contributed by atoms with Gasteiger partial charge in [0.25, 0.3) is 5.91 Å². The Morgan fingerprint density at radius 2 is 2.10 bits per heavy atom. The number of nitrogens with one attached hydrogen (secondary N) is 1. The molecule has 4 N–H and O–H groups in total. The Hall–Kier alpha value is -2.64. The van der Waals surface area contributed by atoms with Crippen molar-refractivity contribution < 1.29 is 19.5 Å². The number of nitrogens with zero attached hydrogens (tertiary/aromatic N) is 2. The van der Waals surface area contributed by atoms with E-state index in [4.69, 9.17) is 10.8 Å². The number of imide groups is 1. The number of amides is 2. The minimum Gasteiger partial charge on any atom is -0.477 e. The summed E-state index contributed by atoms with van der Waals surface area (Å²) in [5, 5.41) is 11.2. The van der Waals surface area contributed by atoms with Gasteiger partial charge in [0.15, 0.2) is 11.5 Å². The second-order valence-electron chi connectivity index (χ2n) is 4.94. The van der Waals surface area contributed by atoms with Crippen molar-refractivity contribution in [3.63, 3.8) is 0 Å². The summed E-state index contributed by atoms with van der Waals surface area (Å²) in [6.45, 7) is 3.08. The minimum atomic E-state index is -1.21. The highest BCUT2D eigenvalue weighted by Crippen LogP contribution is 2.29. The van der Waals surface area contributed by atoms with Crippen molar-refractivity contribution in [3.8, 4) is 0 Å². The van der Waals surface area contributed by atoms with Crippen molar-refractivity contribution in [2.75, 3.05) is 17.2 Å². The molecule has 1 aromatic rings. The molecule has 106 valence electrons. The molecule has 0 spiro atoms. The molecule has 2 rings (SSSR count). The molecular formula is C12H14N4O4. The van der Waals surface area contributed by atoms with E-state index in [9.17, 15) is 14.4 Å². The number of nitrogen functional groups attached to an aromatic ring is 1. The third kappa shape index (κ3) is 2.15. The van der Waals surface area contributed by atoms with Gasteiger partial charge in [0.2, 0.25) is 5.91 Å². The van der Waals surface area contributed by atoms with Crippen LogP contribution < -0.4 is 16.0 Å². The van der Waals surface area contributed by atoms with E-state index in [2.05, 4.69) is 10.3 Å². The first kappa shape index (κ1) is 13.8. The van der Waals surface area contributed by atoms with Gasteiger partial charge in [-0.1, -0.05) is 0 Å². The summed E-state index contributed by atoms with van der Waals surface area (Å²) in [7, 11) is 0. The zero-order chi connectivity index (χ0) is 15.1. The highest BCUT2D eigenvalue weighted by Gasteiger charge is 2.42. The Balaban J connectivity index is 2.53. The van der Waals surface area contributed by atoms with Gasteiger partial charge >= 0.3 is 5.97 Å². The van der Waals surface area contributed by atoms with Gasteiger partial charge in [0, 0.05) is 0 Å². The number of hydrogen-bond donors (Lipinski definition) is 3. The molecule has 2 amide bonds. The van der Waals surface area contributed by atoms with Gasteiger partial charge in [-0.2, -0.15) is 0 Å². The topological polar surface area (TPSA) is 126 Å². The maximum absolute atomic E-state index is 11.9. The van der Waals surface area contributed by atoms with Crippen LogP contribution in [0.4, 0.5) is 11.5 Å². The van der Waals surface area contributed by atoms with Gasteiger partial charge in [-0.3, -0.25) is 14.9 Å². The van der Waals surface area contributed by atoms with Crippen LogP contribution in [0.25, 0.3) is 0 Å². The molecule has 0 radical (unpaired) electrons. The SMILES string of the molecule is CC1(C)C(=O)NC(=O)CN1c1nc(C(=O)O)ccc1N. The number of anilines is 2. The fraction of sp³-hybridized carbons (Fsp3) is 0.333. The molecule has 1 aliphatic heterocycles. The lowest BCUT2D eigenvalue weighted by Gasteiger charge is -2.41. The summed E-state index contributed by atoms with van der Waals surface area (Å²) < 4.78 is 0. The quantitative estimate of drug-likeness (QED) is 0.628. The molecule has 8 nitrogen and oxygen atoms in total. The highest BCUT2D eigenvalue weighted by atomic mass is 16.4. The van der Waals surface area contributed by atoms with Crippen LogP contribution in [-0.4, -0.2) is 40.0 Å². The molecule has 0 aliphatic carbocycles. The highest BCUT2D eigenvalue weighted by molar-refractivity contribution is 6.07. The smallest absolute Gasteiger partial charge is 0.354 e. The van der Waals surface area contributed by atoms with Gasteiger partial charge in [-0.05, 0) is 26.0 Å². The third-order valence-corrected chi connectivity index (χ3v) is 3.17. The zero-order valence-corrected chi connectivity index (χ0v) is 11.0. The maximum Gasteiger partial charge on any atom is 0.354 e. The number of pyridine rings is 1. The van der Waals surface area contributed by atoms with Crippen LogP contribution in [-0.2, 0) is 9.59 Å². The van der Waals surface area contributed by atoms with E-state index in [1.54, 1.807) is 13.8 Å². The second-order valence-corrected chi connectivity index (χ2v) is 4.94. The van der Waals surface area contributed by atoms with Gasteiger partial charge in [0.05, 0.1) is 12.2 Å². The number of carbonyl (C=O) groups excluding carboxylic acids is 2. The van der Waals surface area contributed by atoms with Crippen molar-refractivity contribution in [1.82, 2.24) is 10.3 Å². The van der Waals surface area contributed by atoms with Crippen molar-refractivity contribution in [1.29, 1.82) is 0 Å². The monoisotopic (exact) mass is 278 g/mol. The predicted octanol–water partition coefficient (Wildman–Crippen LogP) is -0.397. The van der Waals surface area contributed by atoms with Gasteiger partial charge < -0.3 is 15.7 Å². The lowest BCUT2D eigenvalue weighted by molar-refractivity contribution is -0.135. The first-order valence-electron chi connectivity index (χ1n) is 5.85. The Kier molecular flexibility index (Phi) is 3.09. The molecule has 1 aromatic heterocycles. The van der Waals surface area contributed by atoms with Crippen LogP contribution in [0, 0.1) is 0 Å². The Bertz CT molecular complexity index is 611. The molecule has 8 heteroatoms. The Morgan fingerprint density at radius 1 is 1.45 bits per heavy atom. The van der Waals surface area contributed by atoms with E-state index in [0.29, 0.717) is 0 Å². The number of nitrogens with two attached hydrogens (primary N) is 1. The molecule has 20 heavy (non-hydrogen) atoms. The predicted molar refractivity (Wildman–Crippen MR) is 70.2 cm³/mol. The average Bonchev–Trinajstić information content (AvgIpc) is 2.35. The summed E-state index contributed by atoms with van der Waals surface area (Å²) in [4.78, 5) is 39.7. The molecule has 1 saturated heterocycles. The van der Waals surface area contributed by atoms with Crippen LogP contribution in [0.2, 0.25) is 0 Å². The number of piperazine rings is 1. The molecular weight excluding hydrogens is 264 g/mol. The van der Waals surface area contributed by atoms with E-state index in [1.165, 1.54) is 17.0 Å². The third-order valence-electron chi connectivity index (χ3n) is 3.17. The summed E-state index contributed by atoms with van der Waals surface area (Å²) >= 11 is 0. The van der Waals surface area contributed by atoms with E-state index in [1.807, 2.05) is 0 Å². The first-order valence-corrected chi connectivity index (χ1v) is 5.85. The molecule has 0 bridgehead atoms. The van der Waals surface area contributed by atoms with E-state index in [0.717, 1.165) is 0 Å². The molecule has 1 fully saturated rings. The zero-order valence-electron chi connectivity index (χ0n) is 11.0. The molecule has 0 saturated carbocycles. The number of aromatic nitrogens is 1. The minimum absolute atomic E-state index is 0.109. The van der Waals surface area contributed by atoms with Crippen molar-refractivity contribution >= 4 is 29.3 Å². The number of carboxylic acid groups (broad SMARTS) is 1. The summed E-state index contributed by atoms with van der Waals surface area (Å²) in [5.41, 5.74) is 4.72. The fourth-order valence-corrected chi connectivity index (χ4v) is 1.92. The largest absolute Gasteiger partial charge is 0.477 e. The molecule has 0 unspecified atom stereocenters. The van der Waals surface area contributed by atoms with Crippen LogP contribution in [0.5, 0.6) is 0 Å². The lowest BCUT2D eigenvalue weighted by Crippen LogP contribution is -2.64. The fourth-order valence-electron chi connectivity index (χ4n) is 1.92. The lowest BCUT2D eigenvalue weighted by atomic mass is 9.98. The summed E-state index contributed by atoms with van der Waals surface area (Å²) in [6.07, 6.45) is 0. The average molecular weight is 278 g/mol. The number of aromatic carboxylic acids is 1. The Labute approximate surface area is 114 Å². The van der Waals surface area contributed by atoms with Gasteiger partial charge in [0.1, 0.15) is 5.54 Å². The van der Waals surface area contributed by atoms with Crippen LogP contribution >= 0.6 is 0 Å². The Morgan fingerprint density at radius 3 is 2.70 bits per heavy atom. The maximum atomic E-state index is 11.9. The first-order chi connectivity index (χ1) is 9.23. The number of carbonyl (C=O) groups is 3.